The summed E-state index contributed by atoms with van der Waals surface area (Å²) in [6.45, 7) is 0. The first-order chi connectivity index (χ1) is 4.52. The van der Waals surface area contributed by atoms with E-state index in [1.807, 2.05) is 0 Å². The van der Waals surface area contributed by atoms with Gasteiger partial charge in [0.15, 0.2) is 0 Å². The molecular formula is C5H5Cl3O2. The van der Waals surface area contributed by atoms with E-state index in [1.165, 1.54) is 0 Å². The lowest BCUT2D eigenvalue weighted by Crippen LogP contribution is -2.06. The van der Waals surface area contributed by atoms with Gasteiger partial charge in [-0.2, -0.15) is 0 Å². The van der Waals surface area contributed by atoms with Crippen molar-refractivity contribution < 1.29 is 9.59 Å². The first kappa shape index (κ1) is 10.2. The number of carbonyl (C=O) groups is 2. The summed E-state index contributed by atoms with van der Waals surface area (Å²) in [4.78, 5) is 20.3. The van der Waals surface area contributed by atoms with Crippen molar-refractivity contribution >= 4 is 45.3 Å². The first-order valence-electron chi connectivity index (χ1n) is 2.53. The second-order valence-corrected chi connectivity index (χ2v) is 3.18. The van der Waals surface area contributed by atoms with Crippen molar-refractivity contribution in [3.05, 3.63) is 0 Å². The van der Waals surface area contributed by atoms with Crippen LogP contribution in [0.1, 0.15) is 12.8 Å². The van der Waals surface area contributed by atoms with Gasteiger partial charge in [0.05, 0.1) is 0 Å². The highest BCUT2D eigenvalue weighted by Crippen LogP contribution is 2.10. The Hall–Kier alpha value is 0.210. The Morgan fingerprint density at radius 2 is 1.40 bits per heavy atom. The van der Waals surface area contributed by atoms with Gasteiger partial charge in [-0.05, 0) is 23.2 Å². The summed E-state index contributed by atoms with van der Waals surface area (Å²) in [6.07, 6.45) is -0.0524. The van der Waals surface area contributed by atoms with Crippen LogP contribution in [0.5, 0.6) is 0 Å². The highest BCUT2D eigenvalue weighted by molar-refractivity contribution is 6.65. The normalized spacial score (nSPS) is 10.0. The van der Waals surface area contributed by atoms with Crippen molar-refractivity contribution in [2.45, 2.75) is 18.2 Å². The van der Waals surface area contributed by atoms with Gasteiger partial charge in [-0.1, -0.05) is 0 Å². The molecule has 58 valence electrons. The van der Waals surface area contributed by atoms with Crippen molar-refractivity contribution in [1.82, 2.24) is 0 Å². The Labute approximate surface area is 73.4 Å². The topological polar surface area (TPSA) is 34.1 Å². The van der Waals surface area contributed by atoms with E-state index in [0.717, 1.165) is 0 Å². The molecule has 0 bridgehead atoms. The summed E-state index contributed by atoms with van der Waals surface area (Å²) in [5.41, 5.74) is 0. The molecule has 0 aromatic rings. The minimum atomic E-state index is -0.574. The fourth-order valence-corrected chi connectivity index (χ4v) is 1.23. The molecular weight excluding hydrogens is 198 g/mol. The molecule has 0 aliphatic carbocycles. The molecule has 0 aliphatic rings. The molecule has 5 heteroatoms. The predicted octanol–water partition coefficient (Wildman–Crippen LogP) is 1.90. The van der Waals surface area contributed by atoms with Crippen LogP contribution in [0.3, 0.4) is 0 Å². The summed E-state index contributed by atoms with van der Waals surface area (Å²) >= 11 is 15.4. The molecule has 0 saturated carbocycles. The van der Waals surface area contributed by atoms with Gasteiger partial charge in [0.25, 0.3) is 0 Å². The Bertz CT molecular complexity index is 130. The third kappa shape index (κ3) is 6.33. The van der Waals surface area contributed by atoms with Gasteiger partial charge < -0.3 is 0 Å². The van der Waals surface area contributed by atoms with Gasteiger partial charge in [-0.15, -0.1) is 11.6 Å². The van der Waals surface area contributed by atoms with E-state index in [2.05, 4.69) is 0 Å². The molecule has 0 amide bonds. The number of hydrogen-bond donors (Lipinski definition) is 0. The number of carbonyl (C=O) groups excluding carboxylic acids is 2. The van der Waals surface area contributed by atoms with E-state index in [9.17, 15) is 9.59 Å². The SMILES string of the molecule is O=C(Cl)CC(Cl)CC(=O)Cl. The molecule has 10 heavy (non-hydrogen) atoms. The summed E-state index contributed by atoms with van der Waals surface area (Å²) in [5.74, 6) is 0. The van der Waals surface area contributed by atoms with Crippen LogP contribution in [0.25, 0.3) is 0 Å². The number of halogens is 3. The van der Waals surface area contributed by atoms with Gasteiger partial charge in [-0.25, -0.2) is 0 Å². The lowest BCUT2D eigenvalue weighted by molar-refractivity contribution is -0.112. The van der Waals surface area contributed by atoms with Crippen LogP contribution in [0.2, 0.25) is 0 Å². The number of hydrogen-bond acceptors (Lipinski definition) is 2. The molecule has 0 unspecified atom stereocenters. The molecule has 0 rings (SSSR count). The zero-order valence-electron chi connectivity index (χ0n) is 4.94. The maximum Gasteiger partial charge on any atom is 0.223 e. The fourth-order valence-electron chi connectivity index (χ4n) is 0.420. The smallest absolute Gasteiger partial charge is 0.223 e. The van der Waals surface area contributed by atoms with Crippen LogP contribution < -0.4 is 0 Å². The van der Waals surface area contributed by atoms with E-state index >= 15 is 0 Å². The van der Waals surface area contributed by atoms with Crippen molar-refractivity contribution in [3.63, 3.8) is 0 Å². The monoisotopic (exact) mass is 202 g/mol. The van der Waals surface area contributed by atoms with Gasteiger partial charge >= 0.3 is 0 Å². The van der Waals surface area contributed by atoms with E-state index in [0.29, 0.717) is 0 Å². The molecule has 0 atom stereocenters. The lowest BCUT2D eigenvalue weighted by atomic mass is 10.2. The fraction of sp³-hybridized carbons (Fsp3) is 0.600. The Balaban J connectivity index is 3.53. The van der Waals surface area contributed by atoms with Crippen LogP contribution in [-0.2, 0) is 9.59 Å². The van der Waals surface area contributed by atoms with E-state index < -0.39 is 15.9 Å². The van der Waals surface area contributed by atoms with Gasteiger partial charge in [0.1, 0.15) is 0 Å². The van der Waals surface area contributed by atoms with Gasteiger partial charge in [0, 0.05) is 18.2 Å². The largest absolute Gasteiger partial charge is 0.281 e. The summed E-state index contributed by atoms with van der Waals surface area (Å²) < 4.78 is 0. The Kier molecular flexibility index (Phi) is 5.04. The highest BCUT2D eigenvalue weighted by atomic mass is 35.5. The number of rotatable bonds is 4. The standard InChI is InChI=1S/C5H5Cl3O2/c6-3(1-4(7)9)2-5(8)10/h3H,1-2H2. The minimum absolute atomic E-state index is 0.0262. The molecule has 0 fully saturated rings. The second kappa shape index (κ2) is 4.94. The lowest BCUT2D eigenvalue weighted by Gasteiger charge is -1.99. The van der Waals surface area contributed by atoms with Gasteiger partial charge in [0.2, 0.25) is 10.5 Å². The maximum atomic E-state index is 10.2. The molecule has 0 aromatic heterocycles. The van der Waals surface area contributed by atoms with Crippen LogP contribution in [0.15, 0.2) is 0 Å². The van der Waals surface area contributed by atoms with E-state index in [1.54, 1.807) is 0 Å². The summed E-state index contributed by atoms with van der Waals surface area (Å²) in [7, 11) is 0. The zero-order chi connectivity index (χ0) is 8.15. The molecule has 0 radical (unpaired) electrons. The molecule has 0 N–H and O–H groups in total. The molecule has 2 nitrogen and oxygen atoms in total. The molecule has 0 aliphatic heterocycles. The Morgan fingerprint density at radius 1 is 1.10 bits per heavy atom. The molecule has 0 spiro atoms. The van der Waals surface area contributed by atoms with Crippen LogP contribution in [-0.4, -0.2) is 15.9 Å². The first-order valence-corrected chi connectivity index (χ1v) is 3.72. The maximum absolute atomic E-state index is 10.2. The third-order valence-corrected chi connectivity index (χ3v) is 1.38. The predicted molar refractivity (Wildman–Crippen MR) is 40.6 cm³/mol. The molecule has 0 heterocycles. The second-order valence-electron chi connectivity index (χ2n) is 1.72. The van der Waals surface area contributed by atoms with E-state index in [4.69, 9.17) is 34.8 Å². The summed E-state index contributed by atoms with van der Waals surface area (Å²) in [6, 6.07) is 0. The Morgan fingerprint density at radius 3 is 1.60 bits per heavy atom. The average molecular weight is 203 g/mol. The van der Waals surface area contributed by atoms with Crippen molar-refractivity contribution in [1.29, 1.82) is 0 Å². The molecule has 0 saturated heterocycles. The van der Waals surface area contributed by atoms with Gasteiger partial charge in [-0.3, -0.25) is 9.59 Å². The van der Waals surface area contributed by atoms with Crippen molar-refractivity contribution in [2.24, 2.45) is 0 Å². The number of alkyl halides is 1. The van der Waals surface area contributed by atoms with E-state index in [-0.39, 0.29) is 12.8 Å². The minimum Gasteiger partial charge on any atom is -0.281 e. The van der Waals surface area contributed by atoms with Crippen molar-refractivity contribution in [3.8, 4) is 0 Å². The average Bonchev–Trinajstić information content (AvgIpc) is 1.58. The molecule has 0 aromatic carbocycles. The summed E-state index contributed by atoms with van der Waals surface area (Å²) in [5, 5.41) is -1.69. The van der Waals surface area contributed by atoms with Crippen LogP contribution in [0.4, 0.5) is 0 Å². The van der Waals surface area contributed by atoms with Crippen LogP contribution >= 0.6 is 34.8 Å². The third-order valence-electron chi connectivity index (χ3n) is 0.764. The highest BCUT2D eigenvalue weighted by Gasteiger charge is 2.11. The van der Waals surface area contributed by atoms with Crippen molar-refractivity contribution in [2.75, 3.05) is 0 Å². The quantitative estimate of drug-likeness (QED) is 0.517. The van der Waals surface area contributed by atoms with Crippen LogP contribution in [0, 0.1) is 0 Å². The zero-order valence-corrected chi connectivity index (χ0v) is 7.21.